The maximum absolute atomic E-state index is 12.3. The number of aliphatic hydroxyl groups is 1. The second-order valence-corrected chi connectivity index (χ2v) is 3.90. The highest BCUT2D eigenvalue weighted by atomic mass is 19.3. The monoisotopic (exact) mass is 203 g/mol. The molecule has 2 aliphatic heterocycles. The number of aliphatic hydroxyl groups excluding tert-OH is 1. The Bertz CT molecular complexity index is 312. The van der Waals surface area contributed by atoms with Crippen molar-refractivity contribution in [2.75, 3.05) is 13.2 Å². The predicted molar refractivity (Wildman–Crippen MR) is 44.6 cm³/mol. The van der Waals surface area contributed by atoms with Crippen LogP contribution in [0, 0.1) is 0 Å². The Morgan fingerprint density at radius 2 is 2.29 bits per heavy atom. The number of nitrogens with zero attached hydrogens (tertiary/aromatic N) is 1. The fourth-order valence-electron chi connectivity index (χ4n) is 2.30. The van der Waals surface area contributed by atoms with Crippen molar-refractivity contribution in [3.05, 3.63) is 11.7 Å². The average Bonchev–Trinajstić information content (AvgIpc) is 2.65. The van der Waals surface area contributed by atoms with E-state index in [2.05, 4.69) is 0 Å². The Morgan fingerprint density at radius 1 is 1.57 bits per heavy atom. The number of carbonyl (C=O) groups excluding carboxylic acids is 1. The van der Waals surface area contributed by atoms with E-state index in [-0.39, 0.29) is 31.1 Å². The van der Waals surface area contributed by atoms with E-state index < -0.39 is 11.6 Å². The van der Waals surface area contributed by atoms with E-state index in [1.165, 1.54) is 4.90 Å². The molecule has 78 valence electrons. The highest BCUT2D eigenvalue weighted by Gasteiger charge is 2.50. The van der Waals surface area contributed by atoms with E-state index in [0.717, 1.165) is 0 Å². The largest absolute Gasteiger partial charge is 0.394 e. The SMILES string of the molecule is O=C1CCC2(CO)CC(=C(F)F)CN12. The summed E-state index contributed by atoms with van der Waals surface area (Å²) >= 11 is 0. The summed E-state index contributed by atoms with van der Waals surface area (Å²) in [5.41, 5.74) is -0.734. The third-order valence-electron chi connectivity index (χ3n) is 3.13. The molecule has 0 spiro atoms. The van der Waals surface area contributed by atoms with Crippen LogP contribution in [0.25, 0.3) is 0 Å². The van der Waals surface area contributed by atoms with E-state index in [4.69, 9.17) is 0 Å². The zero-order valence-corrected chi connectivity index (χ0v) is 7.59. The van der Waals surface area contributed by atoms with Gasteiger partial charge in [-0.2, -0.15) is 8.78 Å². The maximum Gasteiger partial charge on any atom is 0.271 e. The number of fused-ring (bicyclic) bond motifs is 1. The minimum Gasteiger partial charge on any atom is -0.394 e. The van der Waals surface area contributed by atoms with Gasteiger partial charge in [0.05, 0.1) is 12.1 Å². The molecule has 2 saturated heterocycles. The lowest BCUT2D eigenvalue weighted by Gasteiger charge is -2.28. The molecule has 1 unspecified atom stereocenters. The lowest BCUT2D eigenvalue weighted by molar-refractivity contribution is -0.130. The quantitative estimate of drug-likeness (QED) is 0.687. The lowest BCUT2D eigenvalue weighted by atomic mass is 9.94. The first-order valence-corrected chi connectivity index (χ1v) is 4.53. The third-order valence-corrected chi connectivity index (χ3v) is 3.13. The Hall–Kier alpha value is -0.970. The van der Waals surface area contributed by atoms with Crippen molar-refractivity contribution in [2.24, 2.45) is 0 Å². The maximum atomic E-state index is 12.3. The van der Waals surface area contributed by atoms with Crippen LogP contribution in [-0.2, 0) is 4.79 Å². The second-order valence-electron chi connectivity index (χ2n) is 3.90. The molecule has 5 heteroatoms. The van der Waals surface area contributed by atoms with Gasteiger partial charge in [0, 0.05) is 25.0 Å². The molecule has 0 saturated carbocycles. The molecule has 1 N–H and O–H groups in total. The molecular weight excluding hydrogens is 192 g/mol. The first-order chi connectivity index (χ1) is 6.59. The van der Waals surface area contributed by atoms with Crippen molar-refractivity contribution in [1.29, 1.82) is 0 Å². The van der Waals surface area contributed by atoms with Crippen molar-refractivity contribution in [3.8, 4) is 0 Å². The molecule has 0 aromatic carbocycles. The molecule has 2 rings (SSSR count). The van der Waals surface area contributed by atoms with Crippen LogP contribution in [-0.4, -0.2) is 34.6 Å². The average molecular weight is 203 g/mol. The summed E-state index contributed by atoms with van der Waals surface area (Å²) in [5, 5.41) is 9.18. The zero-order chi connectivity index (χ0) is 10.3. The summed E-state index contributed by atoms with van der Waals surface area (Å²) in [6.07, 6.45) is -0.738. The van der Waals surface area contributed by atoms with Crippen molar-refractivity contribution in [3.63, 3.8) is 0 Å². The second kappa shape index (κ2) is 3.02. The summed E-state index contributed by atoms with van der Waals surface area (Å²) in [5.74, 6) is -0.129. The minimum absolute atomic E-state index is 0.00731. The van der Waals surface area contributed by atoms with Gasteiger partial charge in [0.25, 0.3) is 6.08 Å². The van der Waals surface area contributed by atoms with Gasteiger partial charge in [-0.1, -0.05) is 0 Å². The van der Waals surface area contributed by atoms with E-state index in [1.54, 1.807) is 0 Å². The highest BCUT2D eigenvalue weighted by Crippen LogP contribution is 2.42. The van der Waals surface area contributed by atoms with Crippen LogP contribution in [0.5, 0.6) is 0 Å². The minimum atomic E-state index is -1.71. The summed E-state index contributed by atoms with van der Waals surface area (Å²) < 4.78 is 24.7. The topological polar surface area (TPSA) is 40.5 Å². The molecule has 0 aromatic heterocycles. The van der Waals surface area contributed by atoms with Gasteiger partial charge >= 0.3 is 0 Å². The van der Waals surface area contributed by atoms with Gasteiger partial charge in [0.15, 0.2) is 0 Å². The van der Waals surface area contributed by atoms with Crippen LogP contribution in [0.3, 0.4) is 0 Å². The van der Waals surface area contributed by atoms with E-state index in [9.17, 15) is 18.7 Å². The molecule has 0 aromatic rings. The Balaban J connectivity index is 2.32. The smallest absolute Gasteiger partial charge is 0.271 e. The van der Waals surface area contributed by atoms with E-state index in [1.807, 2.05) is 0 Å². The number of hydrogen-bond acceptors (Lipinski definition) is 2. The lowest BCUT2D eigenvalue weighted by Crippen LogP contribution is -2.43. The molecule has 1 atom stereocenters. The molecule has 0 bridgehead atoms. The molecule has 3 nitrogen and oxygen atoms in total. The van der Waals surface area contributed by atoms with Crippen LogP contribution >= 0.6 is 0 Å². The molecule has 2 aliphatic rings. The van der Waals surface area contributed by atoms with Gasteiger partial charge in [-0.15, -0.1) is 0 Å². The number of carbonyl (C=O) groups is 1. The van der Waals surface area contributed by atoms with Crippen molar-refractivity contribution >= 4 is 5.91 Å². The molecular formula is C9H11F2NO2. The van der Waals surface area contributed by atoms with Crippen molar-refractivity contribution in [1.82, 2.24) is 4.90 Å². The van der Waals surface area contributed by atoms with Crippen LogP contribution in [0.4, 0.5) is 8.78 Å². The Kier molecular flexibility index (Phi) is 2.06. The van der Waals surface area contributed by atoms with Gasteiger partial charge < -0.3 is 10.0 Å². The fourth-order valence-corrected chi connectivity index (χ4v) is 2.30. The molecule has 2 heterocycles. The van der Waals surface area contributed by atoms with Crippen LogP contribution in [0.2, 0.25) is 0 Å². The first-order valence-electron chi connectivity index (χ1n) is 4.53. The number of halogens is 2. The van der Waals surface area contributed by atoms with Gasteiger partial charge in [0.2, 0.25) is 5.91 Å². The highest BCUT2D eigenvalue weighted by molar-refractivity contribution is 5.81. The van der Waals surface area contributed by atoms with Crippen molar-refractivity contribution in [2.45, 2.75) is 24.8 Å². The van der Waals surface area contributed by atoms with Crippen LogP contribution in [0.1, 0.15) is 19.3 Å². The van der Waals surface area contributed by atoms with Gasteiger partial charge in [0.1, 0.15) is 0 Å². The summed E-state index contributed by atoms with van der Waals surface area (Å²) in [4.78, 5) is 12.7. The van der Waals surface area contributed by atoms with E-state index >= 15 is 0 Å². The number of hydrogen-bond donors (Lipinski definition) is 1. The first kappa shape index (κ1) is 9.58. The molecule has 2 fully saturated rings. The van der Waals surface area contributed by atoms with Gasteiger partial charge in [-0.25, -0.2) is 0 Å². The van der Waals surface area contributed by atoms with Gasteiger partial charge in [-0.3, -0.25) is 4.79 Å². The molecule has 14 heavy (non-hydrogen) atoms. The van der Waals surface area contributed by atoms with Crippen LogP contribution < -0.4 is 0 Å². The Morgan fingerprint density at radius 3 is 2.79 bits per heavy atom. The summed E-state index contributed by atoms with van der Waals surface area (Å²) in [6, 6.07) is 0. The van der Waals surface area contributed by atoms with Gasteiger partial charge in [-0.05, 0) is 6.42 Å². The normalized spacial score (nSPS) is 31.2. The Labute approximate surface area is 80.0 Å². The molecule has 0 aliphatic carbocycles. The number of amides is 1. The molecule has 0 radical (unpaired) electrons. The molecule has 1 amide bonds. The standard InChI is InChI=1S/C9H11F2NO2/c10-8(11)6-3-9(5-13)2-1-7(14)12(9)4-6/h13H,1-5H2. The summed E-state index contributed by atoms with van der Waals surface area (Å²) in [7, 11) is 0. The number of rotatable bonds is 1. The summed E-state index contributed by atoms with van der Waals surface area (Å²) in [6.45, 7) is -0.239. The van der Waals surface area contributed by atoms with E-state index in [0.29, 0.717) is 12.8 Å². The van der Waals surface area contributed by atoms with Crippen molar-refractivity contribution < 1.29 is 18.7 Å². The predicted octanol–water partition coefficient (Wildman–Crippen LogP) is 0.894. The fraction of sp³-hybridized carbons (Fsp3) is 0.667. The van der Waals surface area contributed by atoms with Crippen LogP contribution in [0.15, 0.2) is 11.7 Å². The zero-order valence-electron chi connectivity index (χ0n) is 7.59. The third kappa shape index (κ3) is 1.15.